The predicted molar refractivity (Wildman–Crippen MR) is 92.7 cm³/mol. The fraction of sp³-hybridized carbons (Fsp3) is 0.667. The number of nitrogens with zero attached hydrogens (tertiary/aromatic N) is 1. The van der Waals surface area contributed by atoms with Crippen molar-refractivity contribution in [3.8, 4) is 11.8 Å². The van der Waals surface area contributed by atoms with Gasteiger partial charge in [-0.3, -0.25) is 0 Å². The van der Waals surface area contributed by atoms with E-state index in [0.29, 0.717) is 30.8 Å². The van der Waals surface area contributed by atoms with Gasteiger partial charge in [-0.05, 0) is 85.0 Å². The summed E-state index contributed by atoms with van der Waals surface area (Å²) >= 11 is 0. The summed E-state index contributed by atoms with van der Waals surface area (Å²) in [5.41, 5.74) is 3.13. The van der Waals surface area contributed by atoms with Crippen molar-refractivity contribution in [1.29, 1.82) is 5.26 Å². The van der Waals surface area contributed by atoms with E-state index in [1.807, 2.05) is 12.1 Å². The van der Waals surface area contributed by atoms with Crippen LogP contribution in [-0.2, 0) is 11.2 Å². The van der Waals surface area contributed by atoms with Crippen molar-refractivity contribution < 1.29 is 9.84 Å². The molecule has 3 aliphatic carbocycles. The van der Waals surface area contributed by atoms with Crippen LogP contribution in [0.5, 0.6) is 5.75 Å². The summed E-state index contributed by atoms with van der Waals surface area (Å²) in [5.74, 6) is 2.56. The number of nitriles is 1. The fourth-order valence-electron chi connectivity index (χ4n) is 6.04. The van der Waals surface area contributed by atoms with Crippen LogP contribution in [-0.4, -0.2) is 17.8 Å². The fourth-order valence-corrected chi connectivity index (χ4v) is 6.04. The largest absolute Gasteiger partial charge is 0.508 e. The third kappa shape index (κ3) is 2.43. The molecule has 1 N–H and O–H groups in total. The van der Waals surface area contributed by atoms with Crippen LogP contribution in [0.4, 0.5) is 0 Å². The minimum Gasteiger partial charge on any atom is -0.508 e. The Morgan fingerprint density at radius 3 is 3.00 bits per heavy atom. The Morgan fingerprint density at radius 2 is 2.17 bits per heavy atom. The maximum Gasteiger partial charge on any atom is 0.115 e. The van der Waals surface area contributed by atoms with Gasteiger partial charge in [-0.25, -0.2) is 0 Å². The van der Waals surface area contributed by atoms with Gasteiger partial charge in [-0.15, -0.1) is 0 Å². The lowest BCUT2D eigenvalue weighted by Gasteiger charge is -2.50. The third-order valence-corrected chi connectivity index (χ3v) is 7.16. The molecule has 24 heavy (non-hydrogen) atoms. The number of aromatic hydroxyl groups is 1. The highest BCUT2D eigenvalue weighted by Gasteiger charge is 2.55. The first-order valence-electron chi connectivity index (χ1n) is 9.44. The lowest BCUT2D eigenvalue weighted by Crippen LogP contribution is -2.44. The van der Waals surface area contributed by atoms with Gasteiger partial charge in [0.25, 0.3) is 0 Å². The van der Waals surface area contributed by atoms with Crippen LogP contribution in [0.25, 0.3) is 0 Å². The van der Waals surface area contributed by atoms with Crippen molar-refractivity contribution >= 4 is 0 Å². The lowest BCUT2D eigenvalue weighted by molar-refractivity contribution is -0.0623. The maximum absolute atomic E-state index is 9.77. The monoisotopic (exact) mass is 325 g/mol. The Kier molecular flexibility index (Phi) is 4.04. The zero-order chi connectivity index (χ0) is 16.7. The molecular weight excluding hydrogens is 298 g/mol. The second-order valence-corrected chi connectivity index (χ2v) is 8.19. The van der Waals surface area contributed by atoms with Crippen LogP contribution in [0.2, 0.25) is 0 Å². The number of aryl methyl sites for hydroxylation is 1. The van der Waals surface area contributed by atoms with E-state index in [1.54, 1.807) is 0 Å². The summed E-state index contributed by atoms with van der Waals surface area (Å²) in [6, 6.07) is 8.19. The summed E-state index contributed by atoms with van der Waals surface area (Å²) < 4.78 is 6.13. The Bertz CT molecular complexity index is 664. The summed E-state index contributed by atoms with van der Waals surface area (Å²) in [7, 11) is 0. The number of hydrogen-bond donors (Lipinski definition) is 1. The van der Waals surface area contributed by atoms with Crippen LogP contribution in [0.3, 0.4) is 0 Å². The van der Waals surface area contributed by atoms with Crippen molar-refractivity contribution in [2.24, 2.45) is 17.3 Å². The molecule has 0 bridgehead atoms. The molecule has 128 valence electrons. The second-order valence-electron chi connectivity index (χ2n) is 8.19. The molecule has 1 aromatic rings. The quantitative estimate of drug-likeness (QED) is 0.830. The molecule has 5 unspecified atom stereocenters. The van der Waals surface area contributed by atoms with Crippen molar-refractivity contribution in [1.82, 2.24) is 0 Å². The van der Waals surface area contributed by atoms with Crippen LogP contribution < -0.4 is 0 Å². The molecule has 0 amide bonds. The Labute approximate surface area is 144 Å². The van der Waals surface area contributed by atoms with Gasteiger partial charge in [0.05, 0.1) is 25.2 Å². The number of ether oxygens (including phenoxy) is 1. The SMILES string of the molecule is CC12CCC3c4ccc(O)cc4CCC3C1CCC2OCCC#N. The highest BCUT2D eigenvalue weighted by molar-refractivity contribution is 5.40. The molecule has 2 saturated carbocycles. The van der Waals surface area contributed by atoms with E-state index >= 15 is 0 Å². The average molecular weight is 325 g/mol. The topological polar surface area (TPSA) is 53.2 Å². The van der Waals surface area contributed by atoms with Crippen molar-refractivity contribution in [3.05, 3.63) is 29.3 Å². The summed E-state index contributed by atoms with van der Waals surface area (Å²) in [6.07, 6.45) is 8.03. The molecule has 3 heteroatoms. The standard InChI is InChI=1S/C21H27NO2/c1-21-10-9-17-16-6-4-15(23)13-14(16)3-5-18(17)19(21)7-8-20(21)24-12-2-11-22/h4,6,13,17-20,23H,2-3,5,7-10,12H2,1H3. The van der Waals surface area contributed by atoms with Gasteiger partial charge in [0.2, 0.25) is 0 Å². The molecule has 0 aromatic heterocycles. The van der Waals surface area contributed by atoms with E-state index in [0.717, 1.165) is 24.7 Å². The van der Waals surface area contributed by atoms with E-state index in [9.17, 15) is 5.11 Å². The number of phenols is 1. The molecule has 0 radical (unpaired) electrons. The number of hydrogen-bond acceptors (Lipinski definition) is 3. The number of fused-ring (bicyclic) bond motifs is 5. The molecule has 0 heterocycles. The zero-order valence-corrected chi connectivity index (χ0v) is 14.5. The van der Waals surface area contributed by atoms with Gasteiger partial charge in [0, 0.05) is 0 Å². The highest BCUT2D eigenvalue weighted by atomic mass is 16.5. The van der Waals surface area contributed by atoms with Gasteiger partial charge >= 0.3 is 0 Å². The van der Waals surface area contributed by atoms with E-state index < -0.39 is 0 Å². The summed E-state index contributed by atoms with van der Waals surface area (Å²) in [4.78, 5) is 0. The average Bonchev–Trinajstić information content (AvgIpc) is 2.91. The normalized spacial score (nSPS) is 37.2. The molecule has 3 nitrogen and oxygen atoms in total. The summed E-state index contributed by atoms with van der Waals surface area (Å²) in [5, 5.41) is 18.5. The van der Waals surface area contributed by atoms with E-state index in [1.165, 1.54) is 36.8 Å². The molecule has 3 aliphatic rings. The predicted octanol–water partition coefficient (Wildman–Crippen LogP) is 4.55. The third-order valence-electron chi connectivity index (χ3n) is 7.16. The van der Waals surface area contributed by atoms with Gasteiger partial charge in [0.15, 0.2) is 0 Å². The van der Waals surface area contributed by atoms with Gasteiger partial charge < -0.3 is 9.84 Å². The van der Waals surface area contributed by atoms with Crippen LogP contribution >= 0.6 is 0 Å². The van der Waals surface area contributed by atoms with Gasteiger partial charge in [0.1, 0.15) is 5.75 Å². The first-order chi connectivity index (χ1) is 11.6. The van der Waals surface area contributed by atoms with Gasteiger partial charge in [-0.1, -0.05) is 13.0 Å². The van der Waals surface area contributed by atoms with E-state index in [-0.39, 0.29) is 5.41 Å². The first-order valence-corrected chi connectivity index (χ1v) is 9.44. The molecular formula is C21H27NO2. The zero-order valence-electron chi connectivity index (χ0n) is 14.5. The lowest BCUT2D eigenvalue weighted by atomic mass is 9.55. The smallest absolute Gasteiger partial charge is 0.115 e. The minimum absolute atomic E-state index is 0.283. The van der Waals surface area contributed by atoms with Crippen molar-refractivity contribution in [3.63, 3.8) is 0 Å². The Morgan fingerprint density at radius 1 is 1.29 bits per heavy atom. The molecule has 4 rings (SSSR count). The van der Waals surface area contributed by atoms with Crippen molar-refractivity contribution in [2.75, 3.05) is 6.61 Å². The number of rotatable bonds is 3. The van der Waals surface area contributed by atoms with Crippen LogP contribution in [0.1, 0.15) is 62.5 Å². The molecule has 0 aliphatic heterocycles. The van der Waals surface area contributed by atoms with E-state index in [2.05, 4.69) is 19.1 Å². The van der Waals surface area contributed by atoms with Crippen LogP contribution in [0.15, 0.2) is 18.2 Å². The molecule has 2 fully saturated rings. The molecule has 1 aromatic carbocycles. The van der Waals surface area contributed by atoms with Gasteiger partial charge in [-0.2, -0.15) is 5.26 Å². The Balaban J connectivity index is 1.56. The molecule has 0 saturated heterocycles. The Hall–Kier alpha value is -1.53. The van der Waals surface area contributed by atoms with E-state index in [4.69, 9.17) is 10.00 Å². The first kappa shape index (κ1) is 16.0. The maximum atomic E-state index is 9.77. The minimum atomic E-state index is 0.283. The number of phenolic OH excluding ortho intramolecular Hbond substituents is 1. The molecule has 5 atom stereocenters. The molecule has 0 spiro atoms. The van der Waals surface area contributed by atoms with Crippen LogP contribution in [0, 0.1) is 28.6 Å². The highest BCUT2D eigenvalue weighted by Crippen LogP contribution is 2.61. The number of benzene rings is 1. The summed E-state index contributed by atoms with van der Waals surface area (Å²) in [6.45, 7) is 3.02. The van der Waals surface area contributed by atoms with Crippen molar-refractivity contribution in [2.45, 2.75) is 63.9 Å². The second kappa shape index (κ2) is 6.08.